The molecule has 0 aliphatic carbocycles. The third-order valence-electron chi connectivity index (χ3n) is 2.72. The number of carbonyl (C=O) groups excluding carboxylic acids is 1. The van der Waals surface area contributed by atoms with E-state index in [9.17, 15) is 4.79 Å². The van der Waals surface area contributed by atoms with Crippen LogP contribution in [0.15, 0.2) is 12.3 Å². The Morgan fingerprint density at radius 3 is 3.13 bits per heavy atom. The molecule has 1 aliphatic rings. The summed E-state index contributed by atoms with van der Waals surface area (Å²) < 4.78 is 4.53. The van der Waals surface area contributed by atoms with E-state index in [4.69, 9.17) is 5.11 Å². The number of esters is 1. The van der Waals surface area contributed by atoms with Gasteiger partial charge in [0.05, 0.1) is 7.11 Å². The Kier molecular flexibility index (Phi) is 5.18. The number of hydrogen-bond acceptors (Lipinski definition) is 4. The third-order valence-corrected chi connectivity index (χ3v) is 2.72. The molecule has 1 fully saturated rings. The summed E-state index contributed by atoms with van der Waals surface area (Å²) in [5.74, 6) is -0.317. The highest BCUT2D eigenvalue weighted by atomic mass is 16.5. The average Bonchev–Trinajstić information content (AvgIpc) is 2.70. The maximum absolute atomic E-state index is 10.9. The van der Waals surface area contributed by atoms with Gasteiger partial charge in [0, 0.05) is 31.5 Å². The fourth-order valence-corrected chi connectivity index (χ4v) is 1.92. The quantitative estimate of drug-likeness (QED) is 0.545. The molecule has 0 aromatic heterocycles. The molecule has 15 heavy (non-hydrogen) atoms. The van der Waals surface area contributed by atoms with Crippen molar-refractivity contribution in [3.05, 3.63) is 12.3 Å². The van der Waals surface area contributed by atoms with Crippen molar-refractivity contribution in [1.29, 1.82) is 0 Å². The highest BCUT2D eigenvalue weighted by Gasteiger charge is 2.20. The number of aliphatic hydroxyl groups excluding tert-OH is 1. The zero-order valence-corrected chi connectivity index (χ0v) is 9.19. The van der Waals surface area contributed by atoms with Crippen molar-refractivity contribution in [3.63, 3.8) is 0 Å². The second kappa shape index (κ2) is 6.45. The predicted octanol–water partition coefficient (Wildman–Crippen LogP) is 0.910. The highest BCUT2D eigenvalue weighted by molar-refractivity contribution is 5.81. The molecule has 4 nitrogen and oxygen atoms in total. The molecule has 1 aliphatic heterocycles. The summed E-state index contributed by atoms with van der Waals surface area (Å²) in [6.45, 7) is 1.23. The molecule has 0 amide bonds. The van der Waals surface area contributed by atoms with Crippen molar-refractivity contribution in [1.82, 2.24) is 4.90 Å². The lowest BCUT2D eigenvalue weighted by atomic mass is 10.1. The van der Waals surface area contributed by atoms with E-state index in [0.29, 0.717) is 6.04 Å². The van der Waals surface area contributed by atoms with Crippen molar-refractivity contribution in [3.8, 4) is 0 Å². The van der Waals surface area contributed by atoms with Gasteiger partial charge in [-0.1, -0.05) is 0 Å². The molecular weight excluding hydrogens is 194 g/mol. The first-order valence-corrected chi connectivity index (χ1v) is 5.40. The topological polar surface area (TPSA) is 49.8 Å². The van der Waals surface area contributed by atoms with Crippen LogP contribution in [0.3, 0.4) is 0 Å². The number of rotatable bonds is 5. The normalized spacial score (nSPS) is 21.2. The molecule has 1 saturated heterocycles. The van der Waals surface area contributed by atoms with Crippen molar-refractivity contribution >= 4 is 5.97 Å². The van der Waals surface area contributed by atoms with E-state index >= 15 is 0 Å². The SMILES string of the molecule is COC(=O)C=CN1CCCC1CCCO. The van der Waals surface area contributed by atoms with E-state index in [1.54, 1.807) is 6.20 Å². The molecule has 0 radical (unpaired) electrons. The summed E-state index contributed by atoms with van der Waals surface area (Å²) in [5.41, 5.74) is 0. The molecule has 0 saturated carbocycles. The minimum atomic E-state index is -0.317. The zero-order chi connectivity index (χ0) is 11.1. The molecule has 1 rings (SSSR count). The van der Waals surface area contributed by atoms with Gasteiger partial charge in [-0.25, -0.2) is 4.79 Å². The molecule has 1 N–H and O–H groups in total. The molecule has 4 heteroatoms. The Labute approximate surface area is 90.5 Å². The van der Waals surface area contributed by atoms with Crippen molar-refractivity contribution in [2.45, 2.75) is 31.7 Å². The lowest BCUT2D eigenvalue weighted by Gasteiger charge is -2.22. The second-order valence-corrected chi connectivity index (χ2v) is 3.74. The van der Waals surface area contributed by atoms with Gasteiger partial charge in [0.25, 0.3) is 0 Å². The minimum absolute atomic E-state index is 0.241. The number of likely N-dealkylation sites (tertiary alicyclic amines) is 1. The molecule has 86 valence electrons. The smallest absolute Gasteiger partial charge is 0.331 e. The average molecular weight is 213 g/mol. The van der Waals surface area contributed by atoms with E-state index in [1.807, 2.05) is 0 Å². The Morgan fingerprint density at radius 1 is 1.67 bits per heavy atom. The second-order valence-electron chi connectivity index (χ2n) is 3.74. The first-order chi connectivity index (χ1) is 7.27. The van der Waals surface area contributed by atoms with Crippen LogP contribution in [-0.4, -0.2) is 42.3 Å². The van der Waals surface area contributed by atoms with Gasteiger partial charge in [-0.3, -0.25) is 0 Å². The first kappa shape index (κ1) is 12.0. The maximum Gasteiger partial charge on any atom is 0.331 e. The number of hydrogen-bond donors (Lipinski definition) is 1. The van der Waals surface area contributed by atoms with Crippen LogP contribution in [0.2, 0.25) is 0 Å². The van der Waals surface area contributed by atoms with E-state index < -0.39 is 0 Å². The Balaban J connectivity index is 2.38. The van der Waals surface area contributed by atoms with Crippen molar-refractivity contribution < 1.29 is 14.6 Å². The summed E-state index contributed by atoms with van der Waals surface area (Å²) in [6, 6.07) is 0.470. The van der Waals surface area contributed by atoms with Crippen molar-refractivity contribution in [2.75, 3.05) is 20.3 Å². The molecule has 0 bridgehead atoms. The molecule has 0 spiro atoms. The summed E-state index contributed by atoms with van der Waals surface area (Å²) in [6.07, 6.45) is 7.38. The molecule has 1 heterocycles. The highest BCUT2D eigenvalue weighted by Crippen LogP contribution is 2.21. The lowest BCUT2D eigenvalue weighted by Crippen LogP contribution is -2.24. The number of aliphatic hydroxyl groups is 1. The Hall–Kier alpha value is -1.03. The van der Waals surface area contributed by atoms with E-state index in [1.165, 1.54) is 13.2 Å². The van der Waals surface area contributed by atoms with Crippen LogP contribution < -0.4 is 0 Å². The van der Waals surface area contributed by atoms with Gasteiger partial charge in [0.1, 0.15) is 0 Å². The molecule has 1 unspecified atom stereocenters. The van der Waals surface area contributed by atoms with Crippen LogP contribution in [0.5, 0.6) is 0 Å². The van der Waals surface area contributed by atoms with Gasteiger partial charge in [0.2, 0.25) is 0 Å². The minimum Gasteiger partial charge on any atom is -0.466 e. The van der Waals surface area contributed by atoms with Crippen LogP contribution in [0.4, 0.5) is 0 Å². The van der Waals surface area contributed by atoms with Gasteiger partial charge in [-0.05, 0) is 25.7 Å². The summed E-state index contributed by atoms with van der Waals surface area (Å²) in [5, 5.41) is 8.76. The fraction of sp³-hybridized carbons (Fsp3) is 0.727. The lowest BCUT2D eigenvalue weighted by molar-refractivity contribution is -0.134. The number of nitrogens with zero attached hydrogens (tertiary/aromatic N) is 1. The maximum atomic E-state index is 10.9. The van der Waals surface area contributed by atoms with Crippen LogP contribution in [0, 0.1) is 0 Å². The van der Waals surface area contributed by atoms with E-state index in [0.717, 1.165) is 32.2 Å². The molecule has 0 aromatic carbocycles. The van der Waals surface area contributed by atoms with Crippen molar-refractivity contribution in [2.24, 2.45) is 0 Å². The standard InChI is InChI=1S/C11H19NO3/c1-15-11(14)6-8-12-7-2-4-10(12)5-3-9-13/h6,8,10,13H,2-5,7,9H2,1H3. The van der Waals surface area contributed by atoms with E-state index in [2.05, 4.69) is 9.64 Å². The first-order valence-electron chi connectivity index (χ1n) is 5.40. The van der Waals surface area contributed by atoms with Gasteiger partial charge < -0.3 is 14.7 Å². The number of methoxy groups -OCH3 is 1. The van der Waals surface area contributed by atoms with E-state index in [-0.39, 0.29) is 12.6 Å². The largest absolute Gasteiger partial charge is 0.466 e. The van der Waals surface area contributed by atoms with Gasteiger partial charge in [-0.15, -0.1) is 0 Å². The fourth-order valence-electron chi connectivity index (χ4n) is 1.92. The van der Waals surface area contributed by atoms with Crippen LogP contribution in [0.1, 0.15) is 25.7 Å². The monoisotopic (exact) mass is 213 g/mol. The molecule has 1 atom stereocenters. The Bertz CT molecular complexity index is 228. The predicted molar refractivity (Wildman–Crippen MR) is 57.2 cm³/mol. The van der Waals surface area contributed by atoms with Crippen LogP contribution >= 0.6 is 0 Å². The number of carbonyl (C=O) groups is 1. The zero-order valence-electron chi connectivity index (χ0n) is 9.19. The summed E-state index contributed by atoms with van der Waals surface area (Å²) in [4.78, 5) is 13.1. The third kappa shape index (κ3) is 3.91. The molecular formula is C11H19NO3. The van der Waals surface area contributed by atoms with Gasteiger partial charge in [-0.2, -0.15) is 0 Å². The number of ether oxygens (including phenoxy) is 1. The summed E-state index contributed by atoms with van der Waals surface area (Å²) >= 11 is 0. The van der Waals surface area contributed by atoms with Gasteiger partial charge in [0.15, 0.2) is 0 Å². The van der Waals surface area contributed by atoms with Crippen LogP contribution in [-0.2, 0) is 9.53 Å². The van der Waals surface area contributed by atoms with Crippen LogP contribution in [0.25, 0.3) is 0 Å². The molecule has 0 aromatic rings. The van der Waals surface area contributed by atoms with Gasteiger partial charge >= 0.3 is 5.97 Å². The summed E-state index contributed by atoms with van der Waals surface area (Å²) in [7, 11) is 1.37. The Morgan fingerprint density at radius 2 is 2.47 bits per heavy atom.